The number of thiophene rings is 1. The molecule has 1 amide bonds. The van der Waals surface area contributed by atoms with Crippen LogP contribution in [0.25, 0.3) is 0 Å². The van der Waals surface area contributed by atoms with Crippen molar-refractivity contribution in [2.45, 2.75) is 29.6 Å². The van der Waals surface area contributed by atoms with E-state index in [-0.39, 0.29) is 16.7 Å². The maximum absolute atomic E-state index is 12.6. The third-order valence-corrected chi connectivity index (χ3v) is 6.83. The lowest BCUT2D eigenvalue weighted by atomic mass is 10.2. The molecule has 7 nitrogen and oxygen atoms in total. The fraction of sp³-hybridized carbons (Fsp3) is 0.385. The average molecular weight is 340 g/mol. The molecular weight excluding hydrogens is 324 g/mol. The van der Waals surface area contributed by atoms with Gasteiger partial charge in [0.1, 0.15) is 16.1 Å². The van der Waals surface area contributed by atoms with Gasteiger partial charge in [-0.2, -0.15) is 4.31 Å². The molecule has 0 spiro atoms. The number of amides is 1. The highest BCUT2D eigenvalue weighted by Crippen LogP contribution is 2.28. The number of nitrogens with zero attached hydrogens (tertiary/aromatic N) is 2. The van der Waals surface area contributed by atoms with Gasteiger partial charge in [-0.15, -0.1) is 11.3 Å². The number of hydrogen-bond acceptors (Lipinski definition) is 5. The first-order valence-corrected chi connectivity index (χ1v) is 9.22. The van der Waals surface area contributed by atoms with Crippen LogP contribution in [0, 0.1) is 0 Å². The average Bonchev–Trinajstić information content (AvgIpc) is 3.26. The molecular formula is C13H16N4O3S2. The van der Waals surface area contributed by atoms with Crippen molar-refractivity contribution in [3.8, 4) is 0 Å². The Kier molecular flexibility index (Phi) is 4.27. The molecule has 22 heavy (non-hydrogen) atoms. The van der Waals surface area contributed by atoms with Gasteiger partial charge in [-0.25, -0.2) is 13.4 Å². The molecule has 0 bridgehead atoms. The van der Waals surface area contributed by atoms with Crippen LogP contribution >= 0.6 is 11.3 Å². The monoisotopic (exact) mass is 340 g/mol. The normalized spacial score (nSPS) is 19.4. The highest BCUT2D eigenvalue weighted by Gasteiger charge is 2.39. The van der Waals surface area contributed by atoms with Crippen molar-refractivity contribution in [2.75, 3.05) is 6.54 Å². The van der Waals surface area contributed by atoms with Gasteiger partial charge in [-0.05, 0) is 24.3 Å². The molecule has 3 rings (SSSR count). The molecule has 2 aromatic heterocycles. The van der Waals surface area contributed by atoms with Crippen LogP contribution in [0.4, 0.5) is 0 Å². The second-order valence-electron chi connectivity index (χ2n) is 4.96. The van der Waals surface area contributed by atoms with Crippen LogP contribution in [0.1, 0.15) is 18.7 Å². The minimum absolute atomic E-state index is 0.259. The predicted molar refractivity (Wildman–Crippen MR) is 81.7 cm³/mol. The van der Waals surface area contributed by atoms with Crippen LogP contribution in [0.5, 0.6) is 0 Å². The molecule has 0 aromatic carbocycles. The third-order valence-electron chi connectivity index (χ3n) is 3.55. The zero-order chi connectivity index (χ0) is 15.6. The van der Waals surface area contributed by atoms with Crippen molar-refractivity contribution in [2.24, 2.45) is 0 Å². The third kappa shape index (κ3) is 2.92. The van der Waals surface area contributed by atoms with Gasteiger partial charge in [-0.1, -0.05) is 6.07 Å². The summed E-state index contributed by atoms with van der Waals surface area (Å²) in [5.41, 5.74) is 0. The molecule has 0 radical (unpaired) electrons. The van der Waals surface area contributed by atoms with Crippen LogP contribution in [-0.2, 0) is 21.4 Å². The number of aromatic amines is 1. The number of imidazole rings is 1. The number of carbonyl (C=O) groups is 1. The quantitative estimate of drug-likeness (QED) is 0.847. The lowest BCUT2D eigenvalue weighted by Crippen LogP contribution is -2.45. The SMILES string of the molecule is O=C(NCc1ncc[nH]1)[C@H]1CCCN1S(=O)(=O)c1cccs1. The Morgan fingerprint density at radius 2 is 2.41 bits per heavy atom. The highest BCUT2D eigenvalue weighted by atomic mass is 32.2. The molecule has 1 aliphatic rings. The number of aromatic nitrogens is 2. The van der Waals surface area contributed by atoms with Gasteiger partial charge >= 0.3 is 0 Å². The summed E-state index contributed by atoms with van der Waals surface area (Å²) in [6, 6.07) is 2.61. The standard InChI is InChI=1S/C13H16N4O3S2/c18-13(16-9-11-14-5-6-15-11)10-3-1-7-17(10)22(19,20)12-4-2-8-21-12/h2,4-6,8,10H,1,3,7,9H2,(H,14,15)(H,16,18)/t10-/m1/s1. The Bertz CT molecular complexity index is 725. The second kappa shape index (κ2) is 6.19. The second-order valence-corrected chi connectivity index (χ2v) is 8.02. The Morgan fingerprint density at radius 3 is 3.09 bits per heavy atom. The summed E-state index contributed by atoms with van der Waals surface area (Å²) < 4.78 is 26.7. The first-order valence-electron chi connectivity index (χ1n) is 6.90. The van der Waals surface area contributed by atoms with Crippen molar-refractivity contribution < 1.29 is 13.2 Å². The van der Waals surface area contributed by atoms with Gasteiger partial charge in [0.05, 0.1) is 6.54 Å². The minimum Gasteiger partial charge on any atom is -0.347 e. The van der Waals surface area contributed by atoms with Crippen molar-refractivity contribution in [3.63, 3.8) is 0 Å². The van der Waals surface area contributed by atoms with Gasteiger partial charge in [0.25, 0.3) is 10.0 Å². The molecule has 0 aliphatic carbocycles. The summed E-state index contributed by atoms with van der Waals surface area (Å²) in [5.74, 6) is 0.355. The summed E-state index contributed by atoms with van der Waals surface area (Å²) >= 11 is 1.17. The van der Waals surface area contributed by atoms with Crippen LogP contribution in [0.3, 0.4) is 0 Å². The fourth-order valence-corrected chi connectivity index (χ4v) is 5.27. The minimum atomic E-state index is -3.59. The van der Waals surface area contributed by atoms with E-state index >= 15 is 0 Å². The predicted octanol–water partition coefficient (Wildman–Crippen LogP) is 0.941. The topological polar surface area (TPSA) is 95.2 Å². The van der Waals surface area contributed by atoms with E-state index in [1.807, 2.05) is 0 Å². The molecule has 2 N–H and O–H groups in total. The van der Waals surface area contributed by atoms with E-state index in [4.69, 9.17) is 0 Å². The van der Waals surface area contributed by atoms with Crippen molar-refractivity contribution in [3.05, 3.63) is 35.7 Å². The van der Waals surface area contributed by atoms with Crippen LogP contribution < -0.4 is 5.32 Å². The van der Waals surface area contributed by atoms with E-state index in [9.17, 15) is 13.2 Å². The molecule has 9 heteroatoms. The molecule has 1 aliphatic heterocycles. The van der Waals surface area contributed by atoms with Gasteiger partial charge < -0.3 is 10.3 Å². The van der Waals surface area contributed by atoms with E-state index in [2.05, 4.69) is 15.3 Å². The number of H-pyrrole nitrogens is 1. The summed E-state index contributed by atoms with van der Waals surface area (Å²) in [6.07, 6.45) is 4.49. The van der Waals surface area contributed by atoms with Crippen molar-refractivity contribution in [1.29, 1.82) is 0 Å². The van der Waals surface area contributed by atoms with Gasteiger partial charge in [0.15, 0.2) is 0 Å². The largest absolute Gasteiger partial charge is 0.347 e. The number of carbonyl (C=O) groups excluding carboxylic acids is 1. The fourth-order valence-electron chi connectivity index (χ4n) is 2.50. The molecule has 1 saturated heterocycles. The van der Waals surface area contributed by atoms with Crippen molar-refractivity contribution in [1.82, 2.24) is 19.6 Å². The molecule has 0 saturated carbocycles. The van der Waals surface area contributed by atoms with Gasteiger partial charge in [0.2, 0.25) is 5.91 Å². The van der Waals surface area contributed by atoms with E-state index in [0.29, 0.717) is 25.2 Å². The highest BCUT2D eigenvalue weighted by molar-refractivity contribution is 7.91. The zero-order valence-corrected chi connectivity index (χ0v) is 13.4. The summed E-state index contributed by atoms with van der Waals surface area (Å²) in [6.45, 7) is 0.633. The summed E-state index contributed by atoms with van der Waals surface area (Å²) in [7, 11) is -3.59. The molecule has 3 heterocycles. The molecule has 1 fully saturated rings. The molecule has 118 valence electrons. The van der Waals surface area contributed by atoms with E-state index in [1.165, 1.54) is 15.6 Å². The first-order chi connectivity index (χ1) is 10.6. The lowest BCUT2D eigenvalue weighted by molar-refractivity contribution is -0.124. The maximum atomic E-state index is 12.6. The van der Waals surface area contributed by atoms with Gasteiger partial charge in [0, 0.05) is 18.9 Å². The van der Waals surface area contributed by atoms with Crippen LogP contribution in [-0.4, -0.2) is 41.2 Å². The van der Waals surface area contributed by atoms with E-state index in [1.54, 1.807) is 29.9 Å². The van der Waals surface area contributed by atoms with Crippen LogP contribution in [0.15, 0.2) is 34.1 Å². The maximum Gasteiger partial charge on any atom is 0.253 e. The number of nitrogens with one attached hydrogen (secondary N) is 2. The zero-order valence-electron chi connectivity index (χ0n) is 11.7. The lowest BCUT2D eigenvalue weighted by Gasteiger charge is -2.22. The van der Waals surface area contributed by atoms with E-state index < -0.39 is 16.1 Å². The smallest absolute Gasteiger partial charge is 0.253 e. The summed E-state index contributed by atoms with van der Waals surface area (Å²) in [4.78, 5) is 19.2. The molecule has 2 aromatic rings. The van der Waals surface area contributed by atoms with Gasteiger partial charge in [-0.3, -0.25) is 4.79 Å². The Hall–Kier alpha value is -1.71. The molecule has 0 unspecified atom stereocenters. The Morgan fingerprint density at radius 1 is 1.55 bits per heavy atom. The Balaban J connectivity index is 1.71. The Labute approximate surface area is 132 Å². The molecule has 1 atom stereocenters. The van der Waals surface area contributed by atoms with E-state index in [0.717, 1.165) is 0 Å². The number of sulfonamides is 1. The number of rotatable bonds is 5. The van der Waals surface area contributed by atoms with Crippen molar-refractivity contribution >= 4 is 27.3 Å². The number of hydrogen-bond donors (Lipinski definition) is 2. The van der Waals surface area contributed by atoms with Crippen LogP contribution in [0.2, 0.25) is 0 Å². The summed E-state index contributed by atoms with van der Waals surface area (Å²) in [5, 5.41) is 4.46. The first kappa shape index (κ1) is 15.2.